The number of hydrogen-bond donors (Lipinski definition) is 2. The van der Waals surface area contributed by atoms with Gasteiger partial charge in [-0.25, -0.2) is 9.37 Å². The summed E-state index contributed by atoms with van der Waals surface area (Å²) >= 11 is 0. The first-order valence-electron chi connectivity index (χ1n) is 7.51. The lowest BCUT2D eigenvalue weighted by atomic mass is 10.1. The van der Waals surface area contributed by atoms with E-state index in [2.05, 4.69) is 20.5 Å². The Hall–Kier alpha value is -2.76. The summed E-state index contributed by atoms with van der Waals surface area (Å²) in [6.07, 6.45) is 3.59. The predicted molar refractivity (Wildman–Crippen MR) is 85.1 cm³/mol. The minimum atomic E-state index is -0.243. The molecule has 1 amide bonds. The third-order valence-electron chi connectivity index (χ3n) is 3.65. The highest BCUT2D eigenvalue weighted by atomic mass is 19.1. The molecule has 0 radical (unpaired) electrons. The van der Waals surface area contributed by atoms with Crippen LogP contribution in [0, 0.1) is 5.82 Å². The zero-order valence-electron chi connectivity index (χ0n) is 12.6. The van der Waals surface area contributed by atoms with E-state index in [9.17, 15) is 9.18 Å². The molecule has 0 atom stereocenters. The number of hydrogen-bond acceptors (Lipinski definition) is 3. The first-order chi connectivity index (χ1) is 11.2. The molecule has 2 heterocycles. The molecule has 1 aromatic carbocycles. The molecule has 0 saturated carbocycles. The van der Waals surface area contributed by atoms with Gasteiger partial charge < -0.3 is 5.32 Å². The van der Waals surface area contributed by atoms with Gasteiger partial charge in [-0.1, -0.05) is 12.1 Å². The molecule has 118 valence electrons. The zero-order valence-corrected chi connectivity index (χ0v) is 12.6. The van der Waals surface area contributed by atoms with Crippen molar-refractivity contribution in [3.8, 4) is 0 Å². The largest absolute Gasteiger partial charge is 0.350 e. The number of carbonyl (C=O) groups excluding carboxylic acids is 1. The lowest BCUT2D eigenvalue weighted by Crippen LogP contribution is -2.22. The lowest BCUT2D eigenvalue weighted by Gasteiger charge is -2.04. The molecule has 0 saturated heterocycles. The summed E-state index contributed by atoms with van der Waals surface area (Å²) in [6, 6.07) is 10.1. The van der Waals surface area contributed by atoms with E-state index in [0.29, 0.717) is 18.6 Å². The van der Waals surface area contributed by atoms with Crippen molar-refractivity contribution in [3.05, 3.63) is 59.7 Å². The molecule has 0 fully saturated rings. The number of amides is 1. The van der Waals surface area contributed by atoms with Crippen molar-refractivity contribution in [2.45, 2.75) is 25.8 Å². The van der Waals surface area contributed by atoms with E-state index in [-0.39, 0.29) is 11.7 Å². The molecule has 6 heteroatoms. The Bertz CT molecular complexity index is 798. The molecule has 0 bridgehead atoms. The monoisotopic (exact) mass is 312 g/mol. The number of nitrogens with one attached hydrogen (secondary N) is 2. The number of nitrogens with zero attached hydrogens (tertiary/aromatic N) is 2. The molecule has 2 aromatic heterocycles. The second kappa shape index (κ2) is 7.00. The fourth-order valence-corrected chi connectivity index (χ4v) is 2.42. The van der Waals surface area contributed by atoms with Crippen LogP contribution in [0.5, 0.6) is 0 Å². The van der Waals surface area contributed by atoms with Gasteiger partial charge in [0.1, 0.15) is 5.82 Å². The maximum Gasteiger partial charge on any atom is 0.220 e. The Kier molecular flexibility index (Phi) is 4.61. The molecule has 0 aliphatic carbocycles. The van der Waals surface area contributed by atoms with Crippen molar-refractivity contribution in [2.75, 3.05) is 0 Å². The van der Waals surface area contributed by atoms with Gasteiger partial charge in [-0.15, -0.1) is 0 Å². The Morgan fingerprint density at radius 1 is 1.22 bits per heavy atom. The number of aromatic amines is 1. The van der Waals surface area contributed by atoms with Gasteiger partial charge in [-0.3, -0.25) is 9.89 Å². The third-order valence-corrected chi connectivity index (χ3v) is 3.65. The van der Waals surface area contributed by atoms with Gasteiger partial charge in [0.25, 0.3) is 0 Å². The zero-order chi connectivity index (χ0) is 16.1. The number of halogens is 1. The van der Waals surface area contributed by atoms with Gasteiger partial charge in [0.2, 0.25) is 5.91 Å². The second-order valence-corrected chi connectivity index (χ2v) is 5.33. The van der Waals surface area contributed by atoms with Crippen molar-refractivity contribution in [3.63, 3.8) is 0 Å². The van der Waals surface area contributed by atoms with Crippen molar-refractivity contribution in [1.82, 2.24) is 20.5 Å². The summed E-state index contributed by atoms with van der Waals surface area (Å²) in [5, 5.41) is 10.8. The van der Waals surface area contributed by atoms with Crippen LogP contribution in [0.1, 0.15) is 24.1 Å². The Balaban J connectivity index is 1.45. The van der Waals surface area contributed by atoms with Crippen LogP contribution in [0.2, 0.25) is 0 Å². The molecule has 2 N–H and O–H groups in total. The maximum atomic E-state index is 12.8. The van der Waals surface area contributed by atoms with Crippen molar-refractivity contribution in [2.24, 2.45) is 0 Å². The van der Waals surface area contributed by atoms with Gasteiger partial charge >= 0.3 is 0 Å². The Labute approximate surface area is 132 Å². The number of rotatable bonds is 6. The van der Waals surface area contributed by atoms with E-state index in [1.54, 1.807) is 18.3 Å². The highest BCUT2D eigenvalue weighted by Crippen LogP contribution is 2.12. The van der Waals surface area contributed by atoms with Crippen LogP contribution in [0.25, 0.3) is 11.0 Å². The Morgan fingerprint density at radius 2 is 2.04 bits per heavy atom. The van der Waals surface area contributed by atoms with Crippen LogP contribution in [-0.2, 0) is 17.8 Å². The van der Waals surface area contributed by atoms with E-state index in [0.717, 1.165) is 29.5 Å². The average molecular weight is 312 g/mol. The smallest absolute Gasteiger partial charge is 0.220 e. The summed E-state index contributed by atoms with van der Waals surface area (Å²) in [6.45, 7) is 0.400. The van der Waals surface area contributed by atoms with Gasteiger partial charge in [-0.05, 0) is 42.7 Å². The van der Waals surface area contributed by atoms with E-state index >= 15 is 0 Å². The topological polar surface area (TPSA) is 70.7 Å². The number of aromatic nitrogens is 3. The number of benzene rings is 1. The average Bonchev–Trinajstić information content (AvgIpc) is 2.98. The normalized spacial score (nSPS) is 10.8. The second-order valence-electron chi connectivity index (χ2n) is 5.33. The van der Waals surface area contributed by atoms with Gasteiger partial charge in [0.15, 0.2) is 5.65 Å². The first-order valence-corrected chi connectivity index (χ1v) is 7.51. The van der Waals surface area contributed by atoms with Gasteiger partial charge in [-0.2, -0.15) is 5.10 Å². The van der Waals surface area contributed by atoms with E-state index in [4.69, 9.17) is 0 Å². The summed E-state index contributed by atoms with van der Waals surface area (Å²) in [4.78, 5) is 16.0. The quantitative estimate of drug-likeness (QED) is 0.735. The molecule has 5 nitrogen and oxygen atoms in total. The van der Waals surface area contributed by atoms with Crippen molar-refractivity contribution in [1.29, 1.82) is 0 Å². The van der Waals surface area contributed by atoms with Crippen molar-refractivity contribution < 1.29 is 9.18 Å². The third kappa shape index (κ3) is 3.91. The van der Waals surface area contributed by atoms with E-state index < -0.39 is 0 Å². The molecule has 23 heavy (non-hydrogen) atoms. The highest BCUT2D eigenvalue weighted by Gasteiger charge is 2.07. The lowest BCUT2D eigenvalue weighted by molar-refractivity contribution is -0.121. The van der Waals surface area contributed by atoms with Gasteiger partial charge in [0, 0.05) is 18.0 Å². The van der Waals surface area contributed by atoms with Crippen molar-refractivity contribution >= 4 is 16.9 Å². The number of pyridine rings is 1. The molecule has 0 aliphatic heterocycles. The summed E-state index contributed by atoms with van der Waals surface area (Å²) in [5.74, 6) is -0.258. The maximum absolute atomic E-state index is 12.8. The Morgan fingerprint density at radius 3 is 2.87 bits per heavy atom. The molecule has 3 rings (SSSR count). The number of carbonyl (C=O) groups is 1. The standard InChI is InChI=1S/C17H17FN4O/c18-13-8-6-12(7-9-13)3-1-5-16(23)20-11-15-14-4-2-10-19-17(14)22-21-15/h2,4,6-10H,1,3,5,11H2,(H,20,23)(H,19,21,22). The van der Waals surface area contributed by atoms with Crippen LogP contribution >= 0.6 is 0 Å². The van der Waals surface area contributed by atoms with Gasteiger partial charge in [0.05, 0.1) is 12.2 Å². The molecular weight excluding hydrogens is 295 g/mol. The molecule has 0 unspecified atom stereocenters. The summed E-state index contributed by atoms with van der Waals surface area (Å²) in [7, 11) is 0. The molecular formula is C17H17FN4O. The molecule has 0 aliphatic rings. The fraction of sp³-hybridized carbons (Fsp3) is 0.235. The van der Waals surface area contributed by atoms with Crippen LogP contribution in [0.3, 0.4) is 0 Å². The molecule has 0 spiro atoms. The van der Waals surface area contributed by atoms with Crippen LogP contribution in [-0.4, -0.2) is 21.1 Å². The highest BCUT2D eigenvalue weighted by molar-refractivity contribution is 5.79. The van der Waals surface area contributed by atoms with E-state index in [1.807, 2.05) is 12.1 Å². The molecule has 3 aromatic rings. The summed E-state index contributed by atoms with van der Waals surface area (Å²) < 4.78 is 12.8. The predicted octanol–water partition coefficient (Wildman–Crippen LogP) is 2.74. The first kappa shape index (κ1) is 15.1. The number of H-pyrrole nitrogens is 1. The minimum absolute atomic E-state index is 0.0150. The minimum Gasteiger partial charge on any atom is -0.350 e. The number of aryl methyl sites for hydroxylation is 1. The van der Waals surface area contributed by atoms with Crippen LogP contribution < -0.4 is 5.32 Å². The van der Waals surface area contributed by atoms with E-state index in [1.165, 1.54) is 12.1 Å². The van der Waals surface area contributed by atoms with Crippen LogP contribution in [0.15, 0.2) is 42.6 Å². The summed E-state index contributed by atoms with van der Waals surface area (Å²) in [5.41, 5.74) is 2.53. The SMILES string of the molecule is O=C(CCCc1ccc(F)cc1)NCc1[nH]nc2ncccc12. The fourth-order valence-electron chi connectivity index (χ4n) is 2.42. The van der Waals surface area contributed by atoms with Crippen LogP contribution in [0.4, 0.5) is 4.39 Å². The number of fused-ring (bicyclic) bond motifs is 1.